The topological polar surface area (TPSA) is 84.7 Å². The van der Waals surface area contributed by atoms with E-state index in [0.717, 1.165) is 10.9 Å². The molecule has 2 atom stereocenters. The fourth-order valence-corrected chi connectivity index (χ4v) is 4.25. The lowest BCUT2D eigenvalue weighted by Gasteiger charge is -2.28. The number of pyridine rings is 1. The van der Waals surface area contributed by atoms with Crippen LogP contribution in [0.4, 0.5) is 0 Å². The summed E-state index contributed by atoms with van der Waals surface area (Å²) in [6, 6.07) is 8.72. The number of aromatic nitrogens is 1. The summed E-state index contributed by atoms with van der Waals surface area (Å²) in [5.74, 6) is -0.0183. The van der Waals surface area contributed by atoms with Crippen LogP contribution in [0.3, 0.4) is 0 Å². The van der Waals surface area contributed by atoms with Crippen molar-refractivity contribution < 1.29 is 18.7 Å². The lowest BCUT2D eigenvalue weighted by molar-refractivity contribution is -0.125. The van der Waals surface area contributed by atoms with Gasteiger partial charge in [-0.3, -0.25) is 9.59 Å². The molecule has 30 heavy (non-hydrogen) atoms. The van der Waals surface area contributed by atoms with Crippen molar-refractivity contribution in [2.45, 2.75) is 13.0 Å². The van der Waals surface area contributed by atoms with E-state index in [1.165, 1.54) is 0 Å². The zero-order valence-corrected chi connectivity index (χ0v) is 17.1. The van der Waals surface area contributed by atoms with Gasteiger partial charge in [0.2, 0.25) is 5.91 Å². The molecule has 0 radical (unpaired) electrons. The molecule has 7 nitrogen and oxygen atoms in total. The Balaban J connectivity index is 1.63. The Morgan fingerprint density at radius 2 is 2.13 bits per heavy atom. The van der Waals surface area contributed by atoms with E-state index in [-0.39, 0.29) is 23.8 Å². The smallest absolute Gasteiger partial charge is 0.254 e. The predicted octanol–water partition coefficient (Wildman–Crippen LogP) is 3.04. The van der Waals surface area contributed by atoms with Crippen LogP contribution in [0.5, 0.6) is 0 Å². The van der Waals surface area contributed by atoms with Crippen LogP contribution in [0.2, 0.25) is 5.02 Å². The predicted molar refractivity (Wildman–Crippen MR) is 111 cm³/mol. The number of aryl methyl sites for hydroxylation is 1. The molecule has 1 aromatic carbocycles. The average molecular weight is 426 g/mol. The van der Waals surface area contributed by atoms with Gasteiger partial charge in [-0.05, 0) is 36.8 Å². The average Bonchev–Trinajstić information content (AvgIpc) is 3.15. The Morgan fingerprint density at radius 1 is 1.27 bits per heavy atom. The number of furan rings is 1. The molecule has 2 fully saturated rings. The van der Waals surface area contributed by atoms with E-state index in [2.05, 4.69) is 5.32 Å². The standard InChI is InChI=1S/C22H20ClN3O4/c1-12-17(23)5-4-15-16(7-18(25-20(12)15)19-3-2-6-30-19)22(28)26-8-13-10-29-11-14(9-26)24-21(13)27/h2-7,13-14H,8-11H2,1H3,(H,24,27)/t13-,14+/m1/s1. The SMILES string of the molecule is Cc1c(Cl)ccc2c(C(=O)N3C[C@H]4COC[C@@H](C3)C(=O)N4)cc(-c3ccco3)nc12. The summed E-state index contributed by atoms with van der Waals surface area (Å²) >= 11 is 6.33. The lowest BCUT2D eigenvalue weighted by Crippen LogP contribution is -2.44. The van der Waals surface area contributed by atoms with Gasteiger partial charge in [0.05, 0.1) is 42.5 Å². The van der Waals surface area contributed by atoms with Gasteiger partial charge in [-0.2, -0.15) is 0 Å². The van der Waals surface area contributed by atoms with Gasteiger partial charge >= 0.3 is 0 Å². The Labute approximate surface area is 178 Å². The molecule has 8 heteroatoms. The van der Waals surface area contributed by atoms with Gasteiger partial charge in [-0.15, -0.1) is 0 Å². The first-order chi connectivity index (χ1) is 14.5. The minimum Gasteiger partial charge on any atom is -0.463 e. The summed E-state index contributed by atoms with van der Waals surface area (Å²) in [5, 5.41) is 4.27. The van der Waals surface area contributed by atoms with Crippen LogP contribution in [0.25, 0.3) is 22.4 Å². The molecule has 2 aromatic heterocycles. The normalized spacial score (nSPS) is 21.4. The number of fused-ring (bicyclic) bond motifs is 4. The third-order valence-electron chi connectivity index (χ3n) is 5.70. The molecule has 0 saturated carbocycles. The molecule has 2 bridgehead atoms. The molecular weight excluding hydrogens is 406 g/mol. The van der Waals surface area contributed by atoms with Gasteiger partial charge in [0, 0.05) is 23.5 Å². The highest BCUT2D eigenvalue weighted by molar-refractivity contribution is 6.32. The molecule has 5 rings (SSSR count). The van der Waals surface area contributed by atoms with Crippen molar-refractivity contribution in [1.82, 2.24) is 15.2 Å². The first-order valence-corrected chi connectivity index (χ1v) is 10.2. The number of halogens is 1. The third-order valence-corrected chi connectivity index (χ3v) is 6.11. The van der Waals surface area contributed by atoms with Crippen molar-refractivity contribution >= 4 is 34.3 Å². The number of nitrogens with one attached hydrogen (secondary N) is 1. The van der Waals surface area contributed by atoms with E-state index in [9.17, 15) is 9.59 Å². The molecule has 3 aromatic rings. The highest BCUT2D eigenvalue weighted by Gasteiger charge is 2.36. The van der Waals surface area contributed by atoms with Crippen LogP contribution in [0.1, 0.15) is 15.9 Å². The summed E-state index contributed by atoms with van der Waals surface area (Å²) in [4.78, 5) is 32.5. The summed E-state index contributed by atoms with van der Waals surface area (Å²) in [7, 11) is 0. The van der Waals surface area contributed by atoms with E-state index in [0.29, 0.717) is 53.9 Å². The van der Waals surface area contributed by atoms with Gasteiger partial charge in [-0.25, -0.2) is 4.98 Å². The van der Waals surface area contributed by atoms with Crippen molar-refractivity contribution in [3.05, 3.63) is 52.7 Å². The second kappa shape index (κ2) is 7.41. The van der Waals surface area contributed by atoms with Crippen LogP contribution >= 0.6 is 11.6 Å². The highest BCUT2D eigenvalue weighted by atomic mass is 35.5. The van der Waals surface area contributed by atoms with Crippen LogP contribution in [-0.4, -0.2) is 54.0 Å². The quantitative estimate of drug-likeness (QED) is 0.682. The van der Waals surface area contributed by atoms with Crippen molar-refractivity contribution in [2.75, 3.05) is 26.3 Å². The molecule has 2 aliphatic heterocycles. The number of carbonyl (C=O) groups excluding carboxylic acids is 2. The number of carbonyl (C=O) groups is 2. The Bertz CT molecular complexity index is 1140. The summed E-state index contributed by atoms with van der Waals surface area (Å²) in [6.07, 6.45) is 1.57. The van der Waals surface area contributed by atoms with E-state index in [4.69, 9.17) is 25.7 Å². The van der Waals surface area contributed by atoms with Crippen LogP contribution in [-0.2, 0) is 9.53 Å². The molecule has 1 N–H and O–H groups in total. The summed E-state index contributed by atoms with van der Waals surface area (Å²) in [5.41, 5.74) is 2.54. The first-order valence-electron chi connectivity index (χ1n) is 9.82. The molecule has 4 heterocycles. The number of amides is 2. The molecular formula is C22H20ClN3O4. The molecule has 2 aliphatic rings. The molecule has 0 unspecified atom stereocenters. The monoisotopic (exact) mass is 425 g/mol. The fourth-order valence-electron chi connectivity index (χ4n) is 4.10. The maximum atomic E-state index is 13.7. The summed E-state index contributed by atoms with van der Waals surface area (Å²) in [6.45, 7) is 3.31. The number of benzene rings is 1. The zero-order chi connectivity index (χ0) is 20.8. The minimum absolute atomic E-state index is 0.0636. The van der Waals surface area contributed by atoms with E-state index < -0.39 is 0 Å². The molecule has 154 valence electrons. The van der Waals surface area contributed by atoms with Gasteiger partial charge in [0.1, 0.15) is 5.69 Å². The van der Waals surface area contributed by atoms with Gasteiger partial charge in [-0.1, -0.05) is 17.7 Å². The van der Waals surface area contributed by atoms with Crippen molar-refractivity contribution in [1.29, 1.82) is 0 Å². The Hall–Kier alpha value is -2.90. The van der Waals surface area contributed by atoms with Gasteiger partial charge in [0.25, 0.3) is 5.91 Å². The first kappa shape index (κ1) is 19.1. The van der Waals surface area contributed by atoms with E-state index >= 15 is 0 Å². The van der Waals surface area contributed by atoms with Gasteiger partial charge in [0.15, 0.2) is 5.76 Å². The van der Waals surface area contributed by atoms with Crippen LogP contribution in [0, 0.1) is 12.8 Å². The van der Waals surface area contributed by atoms with Crippen LogP contribution in [0.15, 0.2) is 41.0 Å². The fraction of sp³-hybridized carbons (Fsp3) is 0.318. The van der Waals surface area contributed by atoms with Crippen molar-refractivity contribution in [3.8, 4) is 11.5 Å². The Morgan fingerprint density at radius 3 is 2.93 bits per heavy atom. The largest absolute Gasteiger partial charge is 0.463 e. The third kappa shape index (κ3) is 3.24. The molecule has 0 aliphatic carbocycles. The summed E-state index contributed by atoms with van der Waals surface area (Å²) < 4.78 is 11.1. The van der Waals surface area contributed by atoms with Gasteiger partial charge < -0.3 is 19.4 Å². The number of hydrogen-bond acceptors (Lipinski definition) is 5. The number of ether oxygens (including phenoxy) is 1. The van der Waals surface area contributed by atoms with Crippen molar-refractivity contribution in [2.24, 2.45) is 5.92 Å². The Kier molecular flexibility index (Phi) is 4.72. The second-order valence-electron chi connectivity index (χ2n) is 7.75. The van der Waals surface area contributed by atoms with Crippen LogP contribution < -0.4 is 5.32 Å². The van der Waals surface area contributed by atoms with E-state index in [1.807, 2.05) is 13.0 Å². The number of hydrogen-bond donors (Lipinski definition) is 1. The maximum Gasteiger partial charge on any atom is 0.254 e. The highest BCUT2D eigenvalue weighted by Crippen LogP contribution is 2.31. The molecule has 2 saturated heterocycles. The molecule has 2 amide bonds. The minimum atomic E-state index is -0.379. The second-order valence-corrected chi connectivity index (χ2v) is 8.16. The zero-order valence-electron chi connectivity index (χ0n) is 16.4. The maximum absolute atomic E-state index is 13.7. The molecule has 0 spiro atoms. The lowest BCUT2D eigenvalue weighted by atomic mass is 10.0. The van der Waals surface area contributed by atoms with Crippen molar-refractivity contribution in [3.63, 3.8) is 0 Å². The van der Waals surface area contributed by atoms with E-state index in [1.54, 1.807) is 35.4 Å². The number of nitrogens with zero attached hydrogens (tertiary/aromatic N) is 2. The number of rotatable bonds is 2.